The first kappa shape index (κ1) is 16.3. The second kappa shape index (κ2) is 5.14. The number of ketones is 2. The fourth-order valence-electron chi connectivity index (χ4n) is 6.65. The number of aliphatic hydroxyl groups excluding tert-OH is 1. The smallest absolute Gasteiger partial charge is 0.156 e. The van der Waals surface area contributed by atoms with Crippen molar-refractivity contribution in [2.45, 2.75) is 59.0 Å². The van der Waals surface area contributed by atoms with Gasteiger partial charge >= 0.3 is 0 Å². The molecule has 0 spiro atoms. The highest BCUT2D eigenvalue weighted by molar-refractivity contribution is 5.92. The number of carbonyl (C=O) groups excluding carboxylic acids is 2. The lowest BCUT2D eigenvalue weighted by molar-refractivity contribution is -0.127. The molecule has 0 aromatic carbocycles. The summed E-state index contributed by atoms with van der Waals surface area (Å²) in [4.78, 5) is 24.5. The molecule has 0 radical (unpaired) electrons. The highest BCUT2D eigenvalue weighted by Gasteiger charge is 2.61. The van der Waals surface area contributed by atoms with Crippen molar-refractivity contribution < 1.29 is 14.7 Å². The van der Waals surface area contributed by atoms with Crippen molar-refractivity contribution in [1.82, 2.24) is 0 Å². The highest BCUT2D eigenvalue weighted by atomic mass is 16.3. The third-order valence-corrected chi connectivity index (χ3v) is 7.91. The maximum atomic E-state index is 12.6. The zero-order valence-electron chi connectivity index (χ0n) is 14.9. The molecule has 3 nitrogen and oxygen atoms in total. The van der Waals surface area contributed by atoms with Gasteiger partial charge in [-0.3, -0.25) is 9.59 Å². The van der Waals surface area contributed by atoms with E-state index in [0.717, 1.165) is 19.3 Å². The molecule has 4 aliphatic carbocycles. The largest absolute Gasteiger partial charge is 0.393 e. The van der Waals surface area contributed by atoms with Crippen LogP contribution in [0.3, 0.4) is 0 Å². The van der Waals surface area contributed by atoms with E-state index in [9.17, 15) is 14.7 Å². The van der Waals surface area contributed by atoms with Gasteiger partial charge in [0.2, 0.25) is 0 Å². The van der Waals surface area contributed by atoms with E-state index in [1.807, 2.05) is 6.08 Å². The van der Waals surface area contributed by atoms with Crippen molar-refractivity contribution in [3.05, 3.63) is 23.8 Å². The van der Waals surface area contributed by atoms with Crippen LogP contribution in [0.2, 0.25) is 0 Å². The molecule has 0 bridgehead atoms. The van der Waals surface area contributed by atoms with Crippen molar-refractivity contribution in [2.75, 3.05) is 0 Å². The van der Waals surface area contributed by atoms with Crippen LogP contribution in [0.4, 0.5) is 0 Å². The van der Waals surface area contributed by atoms with Gasteiger partial charge in [0.25, 0.3) is 0 Å². The number of hydrogen-bond acceptors (Lipinski definition) is 3. The van der Waals surface area contributed by atoms with Gasteiger partial charge in [-0.15, -0.1) is 0 Å². The van der Waals surface area contributed by atoms with E-state index in [1.54, 1.807) is 6.92 Å². The lowest BCUT2D eigenvalue weighted by atomic mass is 9.48. The predicted molar refractivity (Wildman–Crippen MR) is 92.2 cm³/mol. The minimum absolute atomic E-state index is 0.0701. The van der Waals surface area contributed by atoms with Gasteiger partial charge in [-0.1, -0.05) is 26.0 Å². The maximum absolute atomic E-state index is 12.6. The summed E-state index contributed by atoms with van der Waals surface area (Å²) in [5.74, 6) is 1.52. The summed E-state index contributed by atoms with van der Waals surface area (Å²) in [6.45, 7) is 6.31. The molecule has 0 aromatic heterocycles. The van der Waals surface area contributed by atoms with Gasteiger partial charge in [0.1, 0.15) is 5.78 Å². The molecular weight excluding hydrogens is 300 g/mol. The second-order valence-corrected chi connectivity index (χ2v) is 9.07. The number of allylic oxidation sites excluding steroid dienone is 4. The Hall–Kier alpha value is -1.22. The molecule has 0 unspecified atom stereocenters. The molecule has 2 saturated carbocycles. The molecule has 0 amide bonds. The van der Waals surface area contributed by atoms with E-state index >= 15 is 0 Å². The molecular formula is C21H28O3. The number of hydrogen-bond donors (Lipinski definition) is 1. The standard InChI is InChI=1S/C21H28O3/c1-12(22)19-18(24)11-17-15-5-4-13-10-14(23)6-8-20(13,2)16(15)7-9-21(17,19)3/h4-5,10,12,15-17,19,22H,6-9,11H2,1-3H3/t12-,15+,16-,17-,19-,20-,21-/m0/s1. The molecule has 130 valence electrons. The summed E-state index contributed by atoms with van der Waals surface area (Å²) >= 11 is 0. The van der Waals surface area contributed by atoms with Gasteiger partial charge in [-0.2, -0.15) is 0 Å². The topological polar surface area (TPSA) is 54.4 Å². The SMILES string of the molecule is C[C@H](O)[C@H]1C(=O)C[C@H]2[C@@H]3C=CC4=CC(=O)CC[C@]4(C)[C@H]3CC[C@]12C. The number of carbonyl (C=O) groups is 2. The van der Waals surface area contributed by atoms with E-state index in [0.29, 0.717) is 30.6 Å². The molecule has 0 aromatic rings. The van der Waals surface area contributed by atoms with Crippen molar-refractivity contribution in [3.63, 3.8) is 0 Å². The summed E-state index contributed by atoms with van der Waals surface area (Å²) in [6.07, 6.45) is 9.99. The van der Waals surface area contributed by atoms with Gasteiger partial charge in [-0.25, -0.2) is 0 Å². The quantitative estimate of drug-likeness (QED) is 0.802. The van der Waals surface area contributed by atoms with Crippen LogP contribution in [-0.4, -0.2) is 22.8 Å². The Bertz CT molecular complexity index is 658. The molecule has 4 rings (SSSR count). The Morgan fingerprint density at radius 2 is 1.96 bits per heavy atom. The minimum Gasteiger partial charge on any atom is -0.393 e. The first-order valence-corrected chi connectivity index (χ1v) is 9.41. The molecule has 0 aliphatic heterocycles. The first-order chi connectivity index (χ1) is 11.3. The van der Waals surface area contributed by atoms with Crippen LogP contribution in [0.15, 0.2) is 23.8 Å². The lowest BCUT2D eigenvalue weighted by Crippen LogP contribution is -2.50. The van der Waals surface area contributed by atoms with Crippen LogP contribution >= 0.6 is 0 Å². The average Bonchev–Trinajstić information content (AvgIpc) is 2.78. The van der Waals surface area contributed by atoms with Crippen LogP contribution in [0, 0.1) is 34.5 Å². The van der Waals surface area contributed by atoms with E-state index < -0.39 is 6.10 Å². The Morgan fingerprint density at radius 3 is 2.67 bits per heavy atom. The monoisotopic (exact) mass is 328 g/mol. The molecule has 24 heavy (non-hydrogen) atoms. The van der Waals surface area contributed by atoms with Gasteiger partial charge in [0.05, 0.1) is 6.10 Å². The van der Waals surface area contributed by atoms with Crippen LogP contribution < -0.4 is 0 Å². The summed E-state index contributed by atoms with van der Waals surface area (Å²) in [7, 11) is 0. The van der Waals surface area contributed by atoms with E-state index in [4.69, 9.17) is 0 Å². The summed E-state index contributed by atoms with van der Waals surface area (Å²) in [5, 5.41) is 10.2. The van der Waals surface area contributed by atoms with Crippen LogP contribution in [-0.2, 0) is 9.59 Å². The molecule has 3 heteroatoms. The minimum atomic E-state index is -0.560. The lowest BCUT2D eigenvalue weighted by Gasteiger charge is -2.55. The molecule has 7 atom stereocenters. The Labute approximate surface area is 144 Å². The number of aliphatic hydroxyl groups is 1. The normalized spacial score (nSPS) is 48.4. The zero-order chi connectivity index (χ0) is 17.3. The third kappa shape index (κ3) is 2.00. The molecule has 4 aliphatic rings. The predicted octanol–water partition coefficient (Wildman–Crippen LogP) is 3.47. The molecule has 0 saturated heterocycles. The average molecular weight is 328 g/mol. The van der Waals surface area contributed by atoms with E-state index in [-0.39, 0.29) is 28.3 Å². The second-order valence-electron chi connectivity index (χ2n) is 9.07. The van der Waals surface area contributed by atoms with Gasteiger partial charge in [0.15, 0.2) is 5.78 Å². The van der Waals surface area contributed by atoms with Crippen LogP contribution in [0.25, 0.3) is 0 Å². The van der Waals surface area contributed by atoms with Crippen molar-refractivity contribution >= 4 is 11.6 Å². The van der Waals surface area contributed by atoms with Crippen molar-refractivity contribution in [1.29, 1.82) is 0 Å². The zero-order valence-corrected chi connectivity index (χ0v) is 14.9. The van der Waals surface area contributed by atoms with Gasteiger partial charge in [0, 0.05) is 18.8 Å². The van der Waals surface area contributed by atoms with E-state index in [1.165, 1.54) is 5.57 Å². The van der Waals surface area contributed by atoms with Crippen molar-refractivity contribution in [2.24, 2.45) is 34.5 Å². The number of Topliss-reactive ketones (excluding diaryl/α,β-unsaturated/α-hetero) is 1. The number of fused-ring (bicyclic) bond motifs is 5. The van der Waals surface area contributed by atoms with Gasteiger partial charge in [-0.05, 0) is 66.4 Å². The maximum Gasteiger partial charge on any atom is 0.156 e. The Morgan fingerprint density at radius 1 is 1.21 bits per heavy atom. The Kier molecular flexibility index (Phi) is 3.48. The van der Waals surface area contributed by atoms with Crippen LogP contribution in [0.5, 0.6) is 0 Å². The number of rotatable bonds is 1. The summed E-state index contributed by atoms with van der Waals surface area (Å²) in [6, 6.07) is 0. The first-order valence-electron chi connectivity index (χ1n) is 9.41. The summed E-state index contributed by atoms with van der Waals surface area (Å²) in [5.41, 5.74) is 1.18. The van der Waals surface area contributed by atoms with Crippen molar-refractivity contribution in [3.8, 4) is 0 Å². The van der Waals surface area contributed by atoms with Crippen LogP contribution in [0.1, 0.15) is 52.9 Å². The third-order valence-electron chi connectivity index (χ3n) is 7.91. The van der Waals surface area contributed by atoms with E-state index in [2.05, 4.69) is 26.0 Å². The molecule has 2 fully saturated rings. The van der Waals surface area contributed by atoms with Gasteiger partial charge < -0.3 is 5.11 Å². The fraction of sp³-hybridized carbons (Fsp3) is 0.714. The summed E-state index contributed by atoms with van der Waals surface area (Å²) < 4.78 is 0. The fourth-order valence-corrected chi connectivity index (χ4v) is 6.65. The Balaban J connectivity index is 1.74. The molecule has 0 heterocycles. The highest BCUT2D eigenvalue weighted by Crippen LogP contribution is 2.64. The molecule has 1 N–H and O–H groups in total.